The van der Waals surface area contributed by atoms with E-state index in [1.165, 1.54) is 11.1 Å². The monoisotopic (exact) mass is 304 g/mol. The minimum atomic E-state index is 0.586. The van der Waals surface area contributed by atoms with Gasteiger partial charge in [0.1, 0.15) is 6.29 Å². The molecule has 0 saturated heterocycles. The van der Waals surface area contributed by atoms with E-state index in [1.807, 2.05) is 12.1 Å². The third-order valence-corrected chi connectivity index (χ3v) is 3.22. The molecular weight excluding hydrogens is 296 g/mol. The predicted octanol–water partition coefficient (Wildman–Crippen LogP) is 3.48. The van der Waals surface area contributed by atoms with Crippen LogP contribution in [-0.4, -0.2) is 6.29 Å². The van der Waals surface area contributed by atoms with E-state index in [-0.39, 0.29) is 0 Å². The first-order chi connectivity index (χ1) is 6.29. The largest absolute Gasteiger partial charge is 0.303 e. The minimum absolute atomic E-state index is 0.586. The quantitative estimate of drug-likeness (QED) is 0.615. The molecule has 0 aliphatic heterocycles. The van der Waals surface area contributed by atoms with Crippen molar-refractivity contribution in [1.29, 1.82) is 0 Å². The molecule has 0 bridgehead atoms. The molecule has 0 aliphatic carbocycles. The molecule has 0 amide bonds. The van der Waals surface area contributed by atoms with Crippen LogP contribution in [0.3, 0.4) is 0 Å². The SMILES string of the molecule is O=CCCc1c(Br)cccc1CBr. The second kappa shape index (κ2) is 5.55. The van der Waals surface area contributed by atoms with Crippen molar-refractivity contribution in [2.24, 2.45) is 0 Å². The summed E-state index contributed by atoms with van der Waals surface area (Å²) in [5.41, 5.74) is 2.47. The Morgan fingerprint density at radius 1 is 1.38 bits per heavy atom. The van der Waals surface area contributed by atoms with E-state index in [4.69, 9.17) is 0 Å². The van der Waals surface area contributed by atoms with Crippen LogP contribution in [0.25, 0.3) is 0 Å². The molecule has 1 nitrogen and oxygen atoms in total. The van der Waals surface area contributed by atoms with Gasteiger partial charge in [0.2, 0.25) is 0 Å². The third kappa shape index (κ3) is 2.92. The number of carbonyl (C=O) groups excluding carboxylic acids is 1. The Morgan fingerprint density at radius 3 is 2.77 bits per heavy atom. The molecule has 0 saturated carbocycles. The maximum atomic E-state index is 10.3. The third-order valence-electron chi connectivity index (χ3n) is 1.87. The van der Waals surface area contributed by atoms with Crippen LogP contribution >= 0.6 is 31.9 Å². The Balaban J connectivity index is 2.93. The highest BCUT2D eigenvalue weighted by atomic mass is 79.9. The molecule has 13 heavy (non-hydrogen) atoms. The number of hydrogen-bond acceptors (Lipinski definition) is 1. The van der Waals surface area contributed by atoms with Gasteiger partial charge in [0.05, 0.1) is 0 Å². The lowest BCUT2D eigenvalue weighted by atomic mass is 10.0. The van der Waals surface area contributed by atoms with E-state index in [0.717, 1.165) is 22.5 Å². The van der Waals surface area contributed by atoms with Crippen molar-refractivity contribution in [1.82, 2.24) is 0 Å². The maximum Gasteiger partial charge on any atom is 0.120 e. The fourth-order valence-electron chi connectivity index (χ4n) is 1.21. The Hall–Kier alpha value is -0.150. The Morgan fingerprint density at radius 2 is 2.15 bits per heavy atom. The van der Waals surface area contributed by atoms with Crippen molar-refractivity contribution >= 4 is 38.1 Å². The summed E-state index contributed by atoms with van der Waals surface area (Å²) in [6.07, 6.45) is 2.35. The molecule has 0 N–H and O–H groups in total. The Labute approximate surface area is 94.8 Å². The molecule has 0 unspecified atom stereocenters. The fourth-order valence-corrected chi connectivity index (χ4v) is 2.34. The highest BCUT2D eigenvalue weighted by Gasteiger charge is 2.04. The first-order valence-electron chi connectivity index (χ1n) is 4.05. The number of rotatable bonds is 4. The molecule has 0 fully saturated rings. The Bertz CT molecular complexity index is 297. The van der Waals surface area contributed by atoms with E-state index >= 15 is 0 Å². The summed E-state index contributed by atoms with van der Waals surface area (Å²) in [5.74, 6) is 0. The fraction of sp³-hybridized carbons (Fsp3) is 0.300. The summed E-state index contributed by atoms with van der Waals surface area (Å²) >= 11 is 6.91. The van der Waals surface area contributed by atoms with E-state index in [2.05, 4.69) is 37.9 Å². The van der Waals surface area contributed by atoms with Crippen molar-refractivity contribution in [3.8, 4) is 0 Å². The van der Waals surface area contributed by atoms with E-state index in [9.17, 15) is 4.79 Å². The molecule has 0 atom stereocenters. The zero-order valence-corrected chi connectivity index (χ0v) is 10.3. The number of carbonyl (C=O) groups is 1. The van der Waals surface area contributed by atoms with Crippen molar-refractivity contribution in [3.05, 3.63) is 33.8 Å². The predicted molar refractivity (Wildman–Crippen MR) is 61.2 cm³/mol. The van der Waals surface area contributed by atoms with Crippen LogP contribution in [0.2, 0.25) is 0 Å². The molecule has 0 radical (unpaired) electrons. The van der Waals surface area contributed by atoms with Gasteiger partial charge in [-0.3, -0.25) is 0 Å². The molecule has 0 heterocycles. The number of benzene rings is 1. The van der Waals surface area contributed by atoms with Crippen LogP contribution in [0.1, 0.15) is 17.5 Å². The number of alkyl halides is 1. The highest BCUT2D eigenvalue weighted by molar-refractivity contribution is 9.10. The lowest BCUT2D eigenvalue weighted by Crippen LogP contribution is -1.93. The van der Waals surface area contributed by atoms with Gasteiger partial charge in [-0.25, -0.2) is 0 Å². The molecule has 70 valence electrons. The average molecular weight is 306 g/mol. The lowest BCUT2D eigenvalue weighted by molar-refractivity contribution is -0.107. The van der Waals surface area contributed by atoms with Crippen molar-refractivity contribution in [2.75, 3.05) is 0 Å². The van der Waals surface area contributed by atoms with Gasteiger partial charge in [-0.15, -0.1) is 0 Å². The van der Waals surface area contributed by atoms with Crippen LogP contribution in [-0.2, 0) is 16.5 Å². The maximum absolute atomic E-state index is 10.3. The first kappa shape index (κ1) is 10.9. The van der Waals surface area contributed by atoms with Gasteiger partial charge in [0.15, 0.2) is 0 Å². The normalized spacial score (nSPS) is 10.0. The van der Waals surface area contributed by atoms with E-state index < -0.39 is 0 Å². The number of aldehydes is 1. The van der Waals surface area contributed by atoms with Gasteiger partial charge in [-0.1, -0.05) is 44.0 Å². The van der Waals surface area contributed by atoms with Crippen LogP contribution < -0.4 is 0 Å². The van der Waals surface area contributed by atoms with Crippen molar-refractivity contribution < 1.29 is 4.79 Å². The molecule has 1 aromatic rings. The van der Waals surface area contributed by atoms with Gasteiger partial charge in [-0.2, -0.15) is 0 Å². The molecule has 0 aromatic heterocycles. The summed E-state index contributed by atoms with van der Waals surface area (Å²) in [4.78, 5) is 10.3. The molecule has 0 spiro atoms. The first-order valence-corrected chi connectivity index (χ1v) is 5.97. The van der Waals surface area contributed by atoms with Gasteiger partial charge < -0.3 is 4.79 Å². The summed E-state index contributed by atoms with van der Waals surface area (Å²) in [7, 11) is 0. The van der Waals surface area contributed by atoms with Crippen molar-refractivity contribution in [2.45, 2.75) is 18.2 Å². The summed E-state index contributed by atoms with van der Waals surface area (Å²) in [6, 6.07) is 6.08. The topological polar surface area (TPSA) is 17.1 Å². The molecule has 3 heteroatoms. The Kier molecular flexibility index (Phi) is 4.67. The van der Waals surface area contributed by atoms with E-state index in [1.54, 1.807) is 0 Å². The second-order valence-electron chi connectivity index (χ2n) is 2.72. The zero-order valence-electron chi connectivity index (χ0n) is 7.09. The molecule has 1 rings (SSSR count). The number of hydrogen-bond donors (Lipinski definition) is 0. The van der Waals surface area contributed by atoms with Gasteiger partial charge in [0, 0.05) is 16.2 Å². The van der Waals surface area contributed by atoms with Gasteiger partial charge >= 0.3 is 0 Å². The lowest BCUT2D eigenvalue weighted by Gasteiger charge is -2.07. The average Bonchev–Trinajstić information content (AvgIpc) is 2.15. The van der Waals surface area contributed by atoms with Gasteiger partial charge in [0.25, 0.3) is 0 Å². The second-order valence-corrected chi connectivity index (χ2v) is 4.13. The molecular formula is C10H10Br2O. The van der Waals surface area contributed by atoms with Gasteiger partial charge in [-0.05, 0) is 23.6 Å². The standard InChI is InChI=1S/C10H10Br2O/c11-7-8-3-1-5-10(12)9(8)4-2-6-13/h1,3,5-6H,2,4,7H2. The van der Waals surface area contributed by atoms with E-state index in [0.29, 0.717) is 6.42 Å². The van der Waals surface area contributed by atoms with Crippen molar-refractivity contribution in [3.63, 3.8) is 0 Å². The van der Waals surface area contributed by atoms with Crippen LogP contribution in [0.4, 0.5) is 0 Å². The summed E-state index contributed by atoms with van der Waals surface area (Å²) in [6.45, 7) is 0. The van der Waals surface area contributed by atoms with Crippen LogP contribution in [0, 0.1) is 0 Å². The smallest absolute Gasteiger partial charge is 0.120 e. The van der Waals surface area contributed by atoms with Crippen LogP contribution in [0.5, 0.6) is 0 Å². The minimum Gasteiger partial charge on any atom is -0.303 e. The zero-order chi connectivity index (χ0) is 9.68. The summed E-state index contributed by atoms with van der Waals surface area (Å²) < 4.78 is 1.09. The molecule has 1 aromatic carbocycles. The number of halogens is 2. The van der Waals surface area contributed by atoms with Crippen LogP contribution in [0.15, 0.2) is 22.7 Å². The highest BCUT2D eigenvalue weighted by Crippen LogP contribution is 2.23. The summed E-state index contributed by atoms with van der Waals surface area (Å²) in [5, 5.41) is 0.834. The molecule has 0 aliphatic rings.